The van der Waals surface area contributed by atoms with E-state index in [1.54, 1.807) is 12.1 Å². The summed E-state index contributed by atoms with van der Waals surface area (Å²) in [6, 6.07) is 7.53. The number of ether oxygens (including phenoxy) is 1. The van der Waals surface area contributed by atoms with Gasteiger partial charge in [-0.2, -0.15) is 5.26 Å². The van der Waals surface area contributed by atoms with Crippen molar-refractivity contribution in [3.05, 3.63) is 23.8 Å². The van der Waals surface area contributed by atoms with Gasteiger partial charge in [0.05, 0.1) is 36.4 Å². The van der Waals surface area contributed by atoms with Crippen molar-refractivity contribution in [2.75, 3.05) is 6.61 Å². The smallest absolute Gasteiger partial charge is 0.114 e. The van der Waals surface area contributed by atoms with Crippen LogP contribution in [0.3, 0.4) is 0 Å². The van der Waals surface area contributed by atoms with Gasteiger partial charge in [-0.3, -0.25) is 0 Å². The highest BCUT2D eigenvalue weighted by Gasteiger charge is 2.17. The van der Waals surface area contributed by atoms with Crippen molar-refractivity contribution in [3.63, 3.8) is 0 Å². The van der Waals surface area contributed by atoms with Crippen molar-refractivity contribution in [2.24, 2.45) is 0 Å². The summed E-state index contributed by atoms with van der Waals surface area (Å²) in [7, 11) is 0. The van der Waals surface area contributed by atoms with E-state index in [-0.39, 0.29) is 0 Å². The Labute approximate surface area is 105 Å². The van der Waals surface area contributed by atoms with Gasteiger partial charge in [0.1, 0.15) is 5.52 Å². The molecule has 18 heavy (non-hydrogen) atoms. The molecule has 1 aromatic heterocycles. The number of rotatable bonds is 4. The Morgan fingerprint density at radius 1 is 1.44 bits per heavy atom. The van der Waals surface area contributed by atoms with Crippen molar-refractivity contribution in [1.29, 1.82) is 5.26 Å². The fraction of sp³-hybridized carbons (Fsp3) is 0.462. The second kappa shape index (κ2) is 4.75. The van der Waals surface area contributed by atoms with Crippen LogP contribution in [0.25, 0.3) is 11.0 Å². The minimum Gasteiger partial charge on any atom is -0.376 e. The minimum atomic E-state index is 0.449. The van der Waals surface area contributed by atoms with Crippen LogP contribution in [0.5, 0.6) is 0 Å². The molecule has 0 amide bonds. The van der Waals surface area contributed by atoms with Crippen LogP contribution in [0.2, 0.25) is 0 Å². The summed E-state index contributed by atoms with van der Waals surface area (Å²) >= 11 is 0. The highest BCUT2D eigenvalue weighted by atomic mass is 16.5. The molecular weight excluding hydrogens is 228 g/mol. The average Bonchev–Trinajstić information content (AvgIpc) is 2.74. The highest BCUT2D eigenvalue weighted by Crippen LogP contribution is 2.21. The van der Waals surface area contributed by atoms with Gasteiger partial charge in [-0.25, -0.2) is 4.68 Å². The summed E-state index contributed by atoms with van der Waals surface area (Å²) in [6.07, 6.45) is 4.10. The van der Waals surface area contributed by atoms with Crippen LogP contribution >= 0.6 is 0 Å². The Kier molecular flexibility index (Phi) is 2.95. The van der Waals surface area contributed by atoms with Crippen LogP contribution in [-0.4, -0.2) is 27.7 Å². The van der Waals surface area contributed by atoms with Gasteiger partial charge in [-0.05, 0) is 37.5 Å². The molecule has 0 radical (unpaired) electrons. The lowest BCUT2D eigenvalue weighted by atomic mass is 9.96. The number of hydrogen-bond donors (Lipinski definition) is 0. The van der Waals surface area contributed by atoms with E-state index in [0.717, 1.165) is 11.0 Å². The molecule has 1 aromatic carbocycles. The second-order valence-corrected chi connectivity index (χ2v) is 4.55. The standard InChI is InChI=1S/C13H14N4O/c14-9-10-4-5-13-12(8-10)15-16-17(13)6-7-18-11-2-1-3-11/h4-5,8,11H,1-3,6-7H2. The lowest BCUT2D eigenvalue weighted by molar-refractivity contribution is -0.00212. The second-order valence-electron chi connectivity index (χ2n) is 4.55. The predicted octanol–water partition coefficient (Wildman–Crippen LogP) is 1.87. The molecule has 0 spiro atoms. The molecule has 0 atom stereocenters. The summed E-state index contributed by atoms with van der Waals surface area (Å²) in [5, 5.41) is 17.0. The molecule has 0 unspecified atom stereocenters. The summed E-state index contributed by atoms with van der Waals surface area (Å²) < 4.78 is 7.53. The normalized spacial score (nSPS) is 15.5. The van der Waals surface area contributed by atoms with Gasteiger partial charge in [-0.15, -0.1) is 5.10 Å². The number of hydrogen-bond acceptors (Lipinski definition) is 4. The van der Waals surface area contributed by atoms with Gasteiger partial charge >= 0.3 is 0 Å². The van der Waals surface area contributed by atoms with E-state index in [0.29, 0.717) is 24.8 Å². The third kappa shape index (κ3) is 2.07. The highest BCUT2D eigenvalue weighted by molar-refractivity contribution is 5.75. The predicted molar refractivity (Wildman–Crippen MR) is 65.8 cm³/mol. The van der Waals surface area contributed by atoms with E-state index in [9.17, 15) is 0 Å². The van der Waals surface area contributed by atoms with E-state index < -0.39 is 0 Å². The van der Waals surface area contributed by atoms with Gasteiger partial charge in [0.2, 0.25) is 0 Å². The molecule has 1 saturated carbocycles. The Hall–Kier alpha value is -1.93. The Balaban J connectivity index is 1.70. The molecule has 0 N–H and O–H groups in total. The van der Waals surface area contributed by atoms with Crippen molar-refractivity contribution >= 4 is 11.0 Å². The van der Waals surface area contributed by atoms with Gasteiger partial charge < -0.3 is 4.74 Å². The molecular formula is C13H14N4O. The van der Waals surface area contributed by atoms with Crippen LogP contribution in [-0.2, 0) is 11.3 Å². The van der Waals surface area contributed by atoms with Crippen molar-refractivity contribution in [2.45, 2.75) is 31.9 Å². The summed E-state index contributed by atoms with van der Waals surface area (Å²) in [5.41, 5.74) is 2.32. The third-order valence-electron chi connectivity index (χ3n) is 3.35. The van der Waals surface area contributed by atoms with Gasteiger partial charge in [-0.1, -0.05) is 5.21 Å². The summed E-state index contributed by atoms with van der Waals surface area (Å²) in [6.45, 7) is 1.38. The van der Waals surface area contributed by atoms with Gasteiger partial charge in [0, 0.05) is 0 Å². The molecule has 2 aromatic rings. The zero-order chi connectivity index (χ0) is 12.4. The average molecular weight is 242 g/mol. The number of nitriles is 1. The molecule has 1 fully saturated rings. The molecule has 5 nitrogen and oxygen atoms in total. The Morgan fingerprint density at radius 2 is 2.33 bits per heavy atom. The first-order valence-electron chi connectivity index (χ1n) is 6.22. The molecule has 0 saturated heterocycles. The fourth-order valence-electron chi connectivity index (χ4n) is 2.05. The maximum Gasteiger partial charge on any atom is 0.114 e. The third-order valence-corrected chi connectivity index (χ3v) is 3.35. The summed E-state index contributed by atoms with van der Waals surface area (Å²) in [5.74, 6) is 0. The van der Waals surface area contributed by atoms with Crippen LogP contribution in [0.4, 0.5) is 0 Å². The number of benzene rings is 1. The Morgan fingerprint density at radius 3 is 3.06 bits per heavy atom. The van der Waals surface area contributed by atoms with Crippen LogP contribution in [0.1, 0.15) is 24.8 Å². The maximum atomic E-state index is 8.81. The molecule has 3 rings (SSSR count). The molecule has 1 aliphatic carbocycles. The van der Waals surface area contributed by atoms with E-state index in [2.05, 4.69) is 16.4 Å². The zero-order valence-electron chi connectivity index (χ0n) is 10.0. The van der Waals surface area contributed by atoms with Crippen LogP contribution in [0, 0.1) is 11.3 Å². The van der Waals surface area contributed by atoms with Crippen LogP contribution in [0.15, 0.2) is 18.2 Å². The monoisotopic (exact) mass is 242 g/mol. The van der Waals surface area contributed by atoms with Crippen molar-refractivity contribution in [1.82, 2.24) is 15.0 Å². The minimum absolute atomic E-state index is 0.449. The van der Waals surface area contributed by atoms with Gasteiger partial charge in [0.25, 0.3) is 0 Å². The number of fused-ring (bicyclic) bond motifs is 1. The lowest BCUT2D eigenvalue weighted by Gasteiger charge is -2.25. The fourth-order valence-corrected chi connectivity index (χ4v) is 2.05. The van der Waals surface area contributed by atoms with E-state index in [4.69, 9.17) is 10.00 Å². The van der Waals surface area contributed by atoms with E-state index >= 15 is 0 Å². The maximum absolute atomic E-state index is 8.81. The molecule has 1 aliphatic rings. The molecule has 0 aliphatic heterocycles. The summed E-state index contributed by atoms with van der Waals surface area (Å²) in [4.78, 5) is 0. The van der Waals surface area contributed by atoms with Crippen molar-refractivity contribution < 1.29 is 4.74 Å². The van der Waals surface area contributed by atoms with E-state index in [1.807, 2.05) is 10.7 Å². The first-order valence-corrected chi connectivity index (χ1v) is 6.22. The topological polar surface area (TPSA) is 63.7 Å². The molecule has 1 heterocycles. The SMILES string of the molecule is N#Cc1ccc2c(c1)nnn2CCOC1CCC1. The number of nitrogens with zero attached hydrogens (tertiary/aromatic N) is 4. The number of aromatic nitrogens is 3. The van der Waals surface area contributed by atoms with Crippen LogP contribution < -0.4 is 0 Å². The Bertz CT molecular complexity index is 595. The first kappa shape index (κ1) is 11.2. The lowest BCUT2D eigenvalue weighted by Crippen LogP contribution is -2.23. The van der Waals surface area contributed by atoms with Gasteiger partial charge in [0.15, 0.2) is 0 Å². The largest absolute Gasteiger partial charge is 0.376 e. The quantitative estimate of drug-likeness (QED) is 0.821. The molecule has 92 valence electrons. The van der Waals surface area contributed by atoms with Crippen molar-refractivity contribution in [3.8, 4) is 6.07 Å². The zero-order valence-corrected chi connectivity index (χ0v) is 10.0. The molecule has 5 heteroatoms. The first-order chi connectivity index (χ1) is 8.86. The van der Waals surface area contributed by atoms with E-state index in [1.165, 1.54) is 19.3 Å². The molecule has 0 bridgehead atoms.